The smallest absolute Gasteiger partial charge is 0.326 e. The van der Waals surface area contributed by atoms with E-state index in [0.29, 0.717) is 17.7 Å². The molecule has 1 aliphatic rings. The van der Waals surface area contributed by atoms with Crippen molar-refractivity contribution >= 4 is 17.6 Å². The van der Waals surface area contributed by atoms with Crippen LogP contribution in [0.5, 0.6) is 0 Å². The summed E-state index contributed by atoms with van der Waals surface area (Å²) in [5.74, 6) is -2.23. The van der Waals surface area contributed by atoms with Crippen LogP contribution in [0.1, 0.15) is 32.3 Å². The van der Waals surface area contributed by atoms with Crippen LogP contribution in [0, 0.1) is 11.7 Å². The molecule has 0 saturated carbocycles. The Kier molecular flexibility index (Phi) is 5.31. The molecule has 7 heteroatoms. The van der Waals surface area contributed by atoms with Crippen LogP contribution in [-0.2, 0) is 14.4 Å². The largest absolute Gasteiger partial charge is 0.480 e. The summed E-state index contributed by atoms with van der Waals surface area (Å²) < 4.78 is 13.2. The van der Waals surface area contributed by atoms with Crippen molar-refractivity contribution in [2.45, 2.75) is 38.8 Å². The number of rotatable bonds is 6. The SMILES string of the molecule is CC[C@H](C)[C@H](NC(=O)C1CC(c2cccc(F)c2)=NO1)C(=O)O. The lowest BCUT2D eigenvalue weighted by atomic mass is 9.98. The van der Waals surface area contributed by atoms with Gasteiger partial charge in [-0.3, -0.25) is 4.79 Å². The van der Waals surface area contributed by atoms with Crippen LogP contribution in [-0.4, -0.2) is 34.8 Å². The Hall–Kier alpha value is -2.44. The van der Waals surface area contributed by atoms with Crippen LogP contribution >= 0.6 is 0 Å². The van der Waals surface area contributed by atoms with E-state index in [1.54, 1.807) is 19.1 Å². The summed E-state index contributed by atoms with van der Waals surface area (Å²) in [6.45, 7) is 3.60. The summed E-state index contributed by atoms with van der Waals surface area (Å²) >= 11 is 0. The third kappa shape index (κ3) is 4.06. The normalized spacial score (nSPS) is 19.4. The maximum absolute atomic E-state index is 13.2. The topological polar surface area (TPSA) is 88.0 Å². The lowest BCUT2D eigenvalue weighted by Gasteiger charge is -2.21. The molecule has 0 radical (unpaired) electrons. The second kappa shape index (κ2) is 7.21. The van der Waals surface area contributed by atoms with E-state index in [-0.39, 0.29) is 12.3 Å². The van der Waals surface area contributed by atoms with Crippen LogP contribution in [0.3, 0.4) is 0 Å². The molecule has 3 atom stereocenters. The number of benzene rings is 1. The van der Waals surface area contributed by atoms with Crippen molar-refractivity contribution in [1.82, 2.24) is 5.32 Å². The van der Waals surface area contributed by atoms with E-state index in [0.717, 1.165) is 0 Å². The summed E-state index contributed by atoms with van der Waals surface area (Å²) in [7, 11) is 0. The lowest BCUT2D eigenvalue weighted by Crippen LogP contribution is -2.48. The molecule has 6 nitrogen and oxygen atoms in total. The molecule has 1 aromatic carbocycles. The Balaban J connectivity index is 1.99. The van der Waals surface area contributed by atoms with Crippen LogP contribution < -0.4 is 5.32 Å². The van der Waals surface area contributed by atoms with Crippen molar-refractivity contribution in [3.63, 3.8) is 0 Å². The summed E-state index contributed by atoms with van der Waals surface area (Å²) in [6, 6.07) is 4.86. The Morgan fingerprint density at radius 1 is 1.52 bits per heavy atom. The number of amides is 1. The molecule has 1 aromatic rings. The van der Waals surface area contributed by atoms with Gasteiger partial charge in [-0.05, 0) is 18.1 Å². The van der Waals surface area contributed by atoms with E-state index < -0.39 is 29.8 Å². The van der Waals surface area contributed by atoms with E-state index in [1.165, 1.54) is 12.1 Å². The number of halogens is 1. The van der Waals surface area contributed by atoms with Crippen LogP contribution in [0.15, 0.2) is 29.4 Å². The minimum Gasteiger partial charge on any atom is -0.480 e. The van der Waals surface area contributed by atoms with Gasteiger partial charge in [-0.25, -0.2) is 9.18 Å². The first kappa shape index (κ1) is 16.9. The van der Waals surface area contributed by atoms with Crippen LogP contribution in [0.4, 0.5) is 4.39 Å². The van der Waals surface area contributed by atoms with Crippen molar-refractivity contribution in [3.8, 4) is 0 Å². The van der Waals surface area contributed by atoms with E-state index in [4.69, 9.17) is 4.84 Å². The quantitative estimate of drug-likeness (QED) is 0.838. The van der Waals surface area contributed by atoms with E-state index in [1.807, 2.05) is 6.92 Å². The number of aliphatic carboxylic acids is 1. The average molecular weight is 322 g/mol. The molecule has 1 unspecified atom stereocenters. The zero-order chi connectivity index (χ0) is 17.0. The molecule has 2 rings (SSSR count). The minimum absolute atomic E-state index is 0.169. The van der Waals surface area contributed by atoms with Gasteiger partial charge in [0.05, 0.1) is 5.71 Å². The highest BCUT2D eigenvalue weighted by atomic mass is 19.1. The maximum atomic E-state index is 13.2. The summed E-state index contributed by atoms with van der Waals surface area (Å²) in [6.07, 6.45) is -0.116. The minimum atomic E-state index is -1.09. The maximum Gasteiger partial charge on any atom is 0.326 e. The Labute approximate surface area is 133 Å². The fourth-order valence-electron chi connectivity index (χ4n) is 2.29. The van der Waals surface area contributed by atoms with Gasteiger partial charge in [0, 0.05) is 12.0 Å². The number of oxime groups is 1. The standard InChI is InChI=1S/C16H19FN2O4/c1-3-9(2)14(16(21)22)18-15(20)13-8-12(19-23-13)10-5-4-6-11(17)7-10/h4-7,9,13-14H,3,8H2,1-2H3,(H,18,20)(H,21,22)/t9-,13?,14-/m0/s1. The van der Waals surface area contributed by atoms with E-state index in [2.05, 4.69) is 10.5 Å². The van der Waals surface area contributed by atoms with Crippen molar-refractivity contribution in [3.05, 3.63) is 35.6 Å². The van der Waals surface area contributed by atoms with E-state index in [9.17, 15) is 19.1 Å². The molecule has 0 fully saturated rings. The molecular formula is C16H19FN2O4. The summed E-state index contributed by atoms with van der Waals surface area (Å²) in [5, 5.41) is 15.5. The van der Waals surface area contributed by atoms with E-state index >= 15 is 0 Å². The molecule has 1 heterocycles. The zero-order valence-corrected chi connectivity index (χ0v) is 13.0. The predicted molar refractivity (Wildman–Crippen MR) is 81.4 cm³/mol. The van der Waals surface area contributed by atoms with Gasteiger partial charge < -0.3 is 15.3 Å². The number of carbonyl (C=O) groups is 2. The molecule has 0 saturated heterocycles. The van der Waals surface area contributed by atoms with Crippen molar-refractivity contribution in [1.29, 1.82) is 0 Å². The Morgan fingerprint density at radius 2 is 2.26 bits per heavy atom. The number of carbonyl (C=O) groups excluding carboxylic acids is 1. The monoisotopic (exact) mass is 322 g/mol. The van der Waals surface area contributed by atoms with Gasteiger partial charge in [0.25, 0.3) is 5.91 Å². The van der Waals surface area contributed by atoms with Crippen molar-refractivity contribution in [2.75, 3.05) is 0 Å². The number of nitrogens with zero attached hydrogens (tertiary/aromatic N) is 1. The number of hydrogen-bond acceptors (Lipinski definition) is 4. The van der Waals surface area contributed by atoms with Gasteiger partial charge in [-0.1, -0.05) is 37.6 Å². The van der Waals surface area contributed by atoms with Gasteiger partial charge in [-0.15, -0.1) is 0 Å². The van der Waals surface area contributed by atoms with Gasteiger partial charge in [0.1, 0.15) is 11.9 Å². The highest BCUT2D eigenvalue weighted by molar-refractivity contribution is 6.04. The first-order chi connectivity index (χ1) is 10.9. The molecular weight excluding hydrogens is 303 g/mol. The zero-order valence-electron chi connectivity index (χ0n) is 13.0. The second-order valence-electron chi connectivity index (χ2n) is 5.56. The molecule has 0 bridgehead atoms. The van der Waals surface area contributed by atoms with Gasteiger partial charge in [0.2, 0.25) is 6.10 Å². The van der Waals surface area contributed by atoms with Gasteiger partial charge >= 0.3 is 5.97 Å². The molecule has 0 aliphatic carbocycles. The Morgan fingerprint density at radius 3 is 2.87 bits per heavy atom. The number of carboxylic acid groups (broad SMARTS) is 1. The molecule has 0 spiro atoms. The van der Waals surface area contributed by atoms with Crippen LogP contribution in [0.2, 0.25) is 0 Å². The third-order valence-electron chi connectivity index (χ3n) is 3.90. The number of hydrogen-bond donors (Lipinski definition) is 2. The average Bonchev–Trinajstić information content (AvgIpc) is 3.01. The first-order valence-corrected chi connectivity index (χ1v) is 7.44. The third-order valence-corrected chi connectivity index (χ3v) is 3.90. The first-order valence-electron chi connectivity index (χ1n) is 7.44. The summed E-state index contributed by atoms with van der Waals surface area (Å²) in [4.78, 5) is 28.5. The van der Waals surface area contributed by atoms with Gasteiger partial charge in [0.15, 0.2) is 0 Å². The molecule has 2 N–H and O–H groups in total. The fourth-order valence-corrected chi connectivity index (χ4v) is 2.29. The molecule has 1 amide bonds. The van der Waals surface area contributed by atoms with Crippen molar-refractivity contribution in [2.24, 2.45) is 11.1 Å². The molecule has 124 valence electrons. The van der Waals surface area contributed by atoms with Crippen LogP contribution in [0.25, 0.3) is 0 Å². The molecule has 23 heavy (non-hydrogen) atoms. The molecule has 1 aliphatic heterocycles. The molecule has 0 aromatic heterocycles. The Bertz CT molecular complexity index is 632. The summed E-state index contributed by atoms with van der Waals surface area (Å²) in [5.41, 5.74) is 0.997. The predicted octanol–water partition coefficient (Wildman–Crippen LogP) is 1.93. The highest BCUT2D eigenvalue weighted by Gasteiger charge is 2.33. The lowest BCUT2D eigenvalue weighted by molar-refractivity contribution is -0.145. The second-order valence-corrected chi connectivity index (χ2v) is 5.56. The van der Waals surface area contributed by atoms with Gasteiger partial charge in [-0.2, -0.15) is 0 Å². The fraction of sp³-hybridized carbons (Fsp3) is 0.438. The highest BCUT2D eigenvalue weighted by Crippen LogP contribution is 2.18. The number of nitrogens with one attached hydrogen (secondary N) is 1. The van der Waals surface area contributed by atoms with Crippen molar-refractivity contribution < 1.29 is 23.9 Å². The number of carboxylic acids is 1.